The normalized spacial score (nSPS) is 14.4. The van der Waals surface area contributed by atoms with E-state index in [9.17, 15) is 9.59 Å². The van der Waals surface area contributed by atoms with Crippen molar-refractivity contribution in [3.63, 3.8) is 0 Å². The Morgan fingerprint density at radius 1 is 1.14 bits per heavy atom. The average molecular weight is 408 g/mol. The average Bonchev–Trinajstić information content (AvgIpc) is 3.23. The third kappa shape index (κ3) is 4.70. The number of fused-ring (bicyclic) bond motifs is 1. The Labute approximate surface area is 174 Å². The summed E-state index contributed by atoms with van der Waals surface area (Å²) >= 11 is 1.22. The van der Waals surface area contributed by atoms with Gasteiger partial charge < -0.3 is 5.32 Å². The number of nitrogens with one attached hydrogen (secondary N) is 1. The summed E-state index contributed by atoms with van der Waals surface area (Å²) in [4.78, 5) is 30.0. The number of rotatable bonds is 6. The molecule has 1 heterocycles. The van der Waals surface area contributed by atoms with Gasteiger partial charge in [-0.2, -0.15) is 0 Å². The van der Waals surface area contributed by atoms with Gasteiger partial charge in [-0.25, -0.2) is 4.98 Å². The molecular weight excluding hydrogens is 382 g/mol. The predicted octanol–water partition coefficient (Wildman–Crippen LogP) is 3.90. The number of nitrogens with zero attached hydrogens (tertiary/aromatic N) is 2. The third-order valence-corrected chi connectivity index (χ3v) is 6.29. The van der Waals surface area contributed by atoms with Gasteiger partial charge in [0.25, 0.3) is 5.56 Å². The van der Waals surface area contributed by atoms with Gasteiger partial charge in [0, 0.05) is 6.04 Å². The van der Waals surface area contributed by atoms with Gasteiger partial charge in [-0.15, -0.1) is 0 Å². The third-order valence-electron chi connectivity index (χ3n) is 5.34. The number of hydrogen-bond acceptors (Lipinski definition) is 4. The van der Waals surface area contributed by atoms with E-state index in [1.807, 2.05) is 55.5 Å². The first-order valence-corrected chi connectivity index (χ1v) is 11.1. The fourth-order valence-corrected chi connectivity index (χ4v) is 4.52. The predicted molar refractivity (Wildman–Crippen MR) is 117 cm³/mol. The van der Waals surface area contributed by atoms with Crippen LogP contribution < -0.4 is 10.9 Å². The lowest BCUT2D eigenvalue weighted by Crippen LogP contribution is -2.34. The number of aromatic nitrogens is 2. The summed E-state index contributed by atoms with van der Waals surface area (Å²) in [5.74, 6) is 0.183. The van der Waals surface area contributed by atoms with E-state index in [4.69, 9.17) is 0 Å². The highest BCUT2D eigenvalue weighted by molar-refractivity contribution is 7.99. The summed E-state index contributed by atoms with van der Waals surface area (Å²) in [6.07, 6.45) is 4.45. The highest BCUT2D eigenvalue weighted by Gasteiger charge is 2.18. The van der Waals surface area contributed by atoms with Gasteiger partial charge in [0.1, 0.15) is 0 Å². The molecule has 0 saturated heterocycles. The largest absolute Gasteiger partial charge is 0.353 e. The highest BCUT2D eigenvalue weighted by Crippen LogP contribution is 2.20. The topological polar surface area (TPSA) is 64.0 Å². The van der Waals surface area contributed by atoms with Crippen molar-refractivity contribution in [1.29, 1.82) is 0 Å². The van der Waals surface area contributed by atoms with E-state index in [0.717, 1.165) is 29.4 Å². The highest BCUT2D eigenvalue weighted by atomic mass is 32.2. The molecule has 1 aromatic heterocycles. The van der Waals surface area contributed by atoms with Crippen LogP contribution in [0.2, 0.25) is 0 Å². The maximum absolute atomic E-state index is 13.2. The first-order chi connectivity index (χ1) is 14.1. The molecule has 3 aromatic rings. The molecule has 0 aliphatic heterocycles. The summed E-state index contributed by atoms with van der Waals surface area (Å²) in [7, 11) is 0. The fraction of sp³-hybridized carbons (Fsp3) is 0.348. The molecule has 1 saturated carbocycles. The lowest BCUT2D eigenvalue weighted by molar-refractivity contribution is -0.119. The number of carbonyl (C=O) groups is 1. The lowest BCUT2D eigenvalue weighted by Gasteiger charge is -2.13. The maximum atomic E-state index is 13.2. The van der Waals surface area contributed by atoms with Crippen LogP contribution in [-0.2, 0) is 11.3 Å². The summed E-state index contributed by atoms with van der Waals surface area (Å²) in [6.45, 7) is 2.52. The van der Waals surface area contributed by atoms with Crippen LogP contribution in [0.4, 0.5) is 0 Å². The first-order valence-electron chi connectivity index (χ1n) is 10.1. The zero-order valence-electron chi connectivity index (χ0n) is 16.6. The molecule has 150 valence electrons. The van der Waals surface area contributed by atoms with E-state index in [1.165, 1.54) is 30.2 Å². The number of aryl methyl sites for hydroxylation is 1. The molecule has 6 heteroatoms. The molecule has 1 fully saturated rings. The monoisotopic (exact) mass is 407 g/mol. The molecule has 0 unspecified atom stereocenters. The van der Waals surface area contributed by atoms with Gasteiger partial charge in [0.05, 0.1) is 23.3 Å². The van der Waals surface area contributed by atoms with E-state index < -0.39 is 0 Å². The van der Waals surface area contributed by atoms with Crippen molar-refractivity contribution in [1.82, 2.24) is 14.9 Å². The minimum absolute atomic E-state index is 0.0265. The van der Waals surface area contributed by atoms with Crippen LogP contribution in [0.1, 0.15) is 36.8 Å². The van der Waals surface area contributed by atoms with E-state index in [-0.39, 0.29) is 23.3 Å². The van der Waals surface area contributed by atoms with E-state index >= 15 is 0 Å². The van der Waals surface area contributed by atoms with Gasteiger partial charge in [0.15, 0.2) is 5.03 Å². The molecule has 5 nitrogen and oxygen atoms in total. The summed E-state index contributed by atoms with van der Waals surface area (Å²) in [5, 5.41) is 3.44. The lowest BCUT2D eigenvalue weighted by atomic mass is 10.1. The Hall–Kier alpha value is -2.60. The van der Waals surface area contributed by atoms with Crippen LogP contribution in [-0.4, -0.2) is 27.3 Å². The van der Waals surface area contributed by atoms with Crippen molar-refractivity contribution >= 4 is 28.7 Å². The molecule has 2 aromatic carbocycles. The fourth-order valence-electron chi connectivity index (χ4n) is 3.77. The molecular formula is C23H25N3O2S. The van der Waals surface area contributed by atoms with Crippen LogP contribution in [0.3, 0.4) is 0 Å². The Balaban J connectivity index is 1.59. The number of thioether (sulfide) groups is 1. The molecule has 1 aliphatic carbocycles. The standard InChI is InChI=1S/C23H25N3O2S/c1-16-10-12-17(13-11-16)14-26-20-9-5-4-8-19(20)25-22(23(26)28)29-15-21(27)24-18-6-2-3-7-18/h4-5,8-13,18H,2-3,6-7,14-15H2,1H3,(H,24,27). The Bertz CT molecular complexity index is 1070. The van der Waals surface area contributed by atoms with Gasteiger partial charge >= 0.3 is 0 Å². The van der Waals surface area contributed by atoms with Crippen molar-refractivity contribution < 1.29 is 4.79 Å². The van der Waals surface area contributed by atoms with Gasteiger partial charge in [-0.3, -0.25) is 14.2 Å². The molecule has 1 aliphatic rings. The number of amides is 1. The van der Waals surface area contributed by atoms with E-state index in [2.05, 4.69) is 10.3 Å². The van der Waals surface area contributed by atoms with Crippen molar-refractivity contribution in [3.05, 3.63) is 70.0 Å². The zero-order chi connectivity index (χ0) is 20.2. The summed E-state index contributed by atoms with van der Waals surface area (Å²) < 4.78 is 1.75. The van der Waals surface area contributed by atoms with E-state index in [1.54, 1.807) is 4.57 Å². The maximum Gasteiger partial charge on any atom is 0.283 e. The second kappa shape index (κ2) is 8.82. The quantitative estimate of drug-likeness (QED) is 0.630. The van der Waals surface area contributed by atoms with Crippen LogP contribution >= 0.6 is 11.8 Å². The van der Waals surface area contributed by atoms with Crippen molar-refractivity contribution in [2.24, 2.45) is 0 Å². The molecule has 0 bridgehead atoms. The smallest absolute Gasteiger partial charge is 0.283 e. The second-order valence-corrected chi connectivity index (χ2v) is 8.58. The number of benzene rings is 2. The number of para-hydroxylation sites is 2. The Morgan fingerprint density at radius 2 is 1.86 bits per heavy atom. The molecule has 0 radical (unpaired) electrons. The Morgan fingerprint density at radius 3 is 2.62 bits per heavy atom. The summed E-state index contributed by atoms with van der Waals surface area (Å²) in [5.41, 5.74) is 3.66. The molecule has 1 amide bonds. The van der Waals surface area contributed by atoms with Gasteiger partial charge in [-0.05, 0) is 37.5 Å². The molecule has 29 heavy (non-hydrogen) atoms. The van der Waals surface area contributed by atoms with Crippen LogP contribution in [0.25, 0.3) is 11.0 Å². The molecule has 0 spiro atoms. The molecule has 1 N–H and O–H groups in total. The van der Waals surface area contributed by atoms with E-state index in [0.29, 0.717) is 11.6 Å². The minimum Gasteiger partial charge on any atom is -0.353 e. The van der Waals surface area contributed by atoms with Crippen LogP contribution in [0, 0.1) is 6.92 Å². The molecule has 4 rings (SSSR count). The van der Waals surface area contributed by atoms with Crippen LogP contribution in [0.15, 0.2) is 58.4 Å². The number of carbonyl (C=O) groups excluding carboxylic acids is 1. The second-order valence-electron chi connectivity index (χ2n) is 7.62. The minimum atomic E-state index is -0.150. The summed E-state index contributed by atoms with van der Waals surface area (Å²) in [6, 6.07) is 16.1. The molecule has 0 atom stereocenters. The zero-order valence-corrected chi connectivity index (χ0v) is 17.4. The van der Waals surface area contributed by atoms with Gasteiger partial charge in [-0.1, -0.05) is 66.6 Å². The van der Waals surface area contributed by atoms with Crippen molar-refractivity contribution in [3.8, 4) is 0 Å². The van der Waals surface area contributed by atoms with Crippen LogP contribution in [0.5, 0.6) is 0 Å². The Kier molecular flexibility index (Phi) is 6.00. The van der Waals surface area contributed by atoms with Crippen molar-refractivity contribution in [2.45, 2.75) is 50.2 Å². The first kappa shape index (κ1) is 19.7. The van der Waals surface area contributed by atoms with Gasteiger partial charge in [0.2, 0.25) is 5.91 Å². The SMILES string of the molecule is Cc1ccc(Cn2c(=O)c(SCC(=O)NC3CCCC3)nc3ccccc32)cc1. The van der Waals surface area contributed by atoms with Crippen molar-refractivity contribution in [2.75, 3.05) is 5.75 Å². The number of hydrogen-bond donors (Lipinski definition) is 1.